The zero-order valence-electron chi connectivity index (χ0n) is 17.6. The van der Waals surface area contributed by atoms with Crippen LogP contribution in [0.25, 0.3) is 27.8 Å². The van der Waals surface area contributed by atoms with Crippen LogP contribution >= 0.6 is 34.8 Å². The van der Waals surface area contributed by atoms with Gasteiger partial charge >= 0.3 is 0 Å². The zero-order chi connectivity index (χ0) is 24.0. The second kappa shape index (κ2) is 8.72. The molecular formula is C23H15Cl3N6O2. The normalized spacial score (nSPS) is 11.3. The molecule has 1 N–H and O–H groups in total. The Bertz CT molecular complexity index is 1640. The molecular weight excluding hydrogens is 499 g/mol. The van der Waals surface area contributed by atoms with Crippen LogP contribution in [0, 0.1) is 0 Å². The van der Waals surface area contributed by atoms with Crippen molar-refractivity contribution in [3.63, 3.8) is 0 Å². The lowest BCUT2D eigenvalue weighted by atomic mass is 10.0. The quantitative estimate of drug-likeness (QED) is 0.364. The molecule has 8 nitrogen and oxygen atoms in total. The maximum atomic E-state index is 13.1. The minimum Gasteiger partial charge on any atom is -0.267 e. The first-order valence-corrected chi connectivity index (χ1v) is 11.3. The van der Waals surface area contributed by atoms with Crippen molar-refractivity contribution in [1.29, 1.82) is 0 Å². The van der Waals surface area contributed by atoms with E-state index in [1.54, 1.807) is 22.7 Å². The van der Waals surface area contributed by atoms with Gasteiger partial charge in [-0.2, -0.15) is 5.10 Å². The topological polar surface area (TPSA) is 94.2 Å². The summed E-state index contributed by atoms with van der Waals surface area (Å²) < 4.78 is 2.62. The lowest BCUT2D eigenvalue weighted by Gasteiger charge is -2.10. The largest absolute Gasteiger partial charge is 0.299 e. The molecule has 0 saturated carbocycles. The van der Waals surface area contributed by atoms with Gasteiger partial charge in [0, 0.05) is 16.2 Å². The number of carbonyl (C=O) groups is 1. The van der Waals surface area contributed by atoms with Gasteiger partial charge in [0.2, 0.25) is 0 Å². The predicted molar refractivity (Wildman–Crippen MR) is 133 cm³/mol. The molecule has 5 rings (SSSR count). The number of aromatic nitrogens is 5. The molecule has 5 aromatic rings. The van der Waals surface area contributed by atoms with Crippen LogP contribution in [-0.4, -0.2) is 30.4 Å². The molecule has 0 fully saturated rings. The van der Waals surface area contributed by atoms with Gasteiger partial charge in [-0.3, -0.25) is 15.0 Å². The van der Waals surface area contributed by atoms with Gasteiger partial charge in [0.25, 0.3) is 11.5 Å². The summed E-state index contributed by atoms with van der Waals surface area (Å²) in [5.41, 5.74) is 5.66. The van der Waals surface area contributed by atoms with Crippen molar-refractivity contribution >= 4 is 57.4 Å². The van der Waals surface area contributed by atoms with Gasteiger partial charge in [-0.1, -0.05) is 53.9 Å². The SMILES string of the molecule is CCc1nn2c(nnc3c(=O)n(NC(=O)c4ccc(Cl)cc4Cl)ccc32)c1-c1ccc(Cl)cc1. The number of pyridine rings is 1. The average molecular weight is 514 g/mol. The minimum absolute atomic E-state index is 0.0466. The molecule has 11 heteroatoms. The van der Waals surface area contributed by atoms with E-state index in [2.05, 4.69) is 20.7 Å². The standard InChI is InChI=1S/C23H15Cl3N6O2/c1-2-17-19(12-3-5-13(24)6-4-12)21-28-27-20-18(32(21)29-17)9-10-31(23(20)34)30-22(33)15-8-7-14(25)11-16(15)26/h3-11H,2H2,1H3,(H,30,33). The Morgan fingerprint density at radius 3 is 2.44 bits per heavy atom. The van der Waals surface area contributed by atoms with Crippen molar-refractivity contribution in [1.82, 2.24) is 24.5 Å². The summed E-state index contributed by atoms with van der Waals surface area (Å²) in [7, 11) is 0. The number of nitrogens with zero attached hydrogens (tertiary/aromatic N) is 5. The van der Waals surface area contributed by atoms with Crippen LogP contribution in [0.1, 0.15) is 23.0 Å². The summed E-state index contributed by atoms with van der Waals surface area (Å²) in [6.45, 7) is 1.99. The van der Waals surface area contributed by atoms with E-state index in [1.165, 1.54) is 24.4 Å². The maximum Gasteiger partial charge on any atom is 0.299 e. The lowest BCUT2D eigenvalue weighted by molar-refractivity contribution is 0.101. The number of carbonyl (C=O) groups excluding carboxylic acids is 1. The molecule has 0 atom stereocenters. The fourth-order valence-electron chi connectivity index (χ4n) is 3.68. The first-order chi connectivity index (χ1) is 16.4. The highest BCUT2D eigenvalue weighted by atomic mass is 35.5. The molecule has 1 amide bonds. The van der Waals surface area contributed by atoms with E-state index in [0.29, 0.717) is 27.6 Å². The Kier molecular flexibility index (Phi) is 5.73. The first-order valence-electron chi connectivity index (χ1n) is 10.2. The molecule has 0 aliphatic carbocycles. The van der Waals surface area contributed by atoms with Crippen LogP contribution in [0.4, 0.5) is 0 Å². The molecule has 0 aliphatic heterocycles. The number of amides is 1. The van der Waals surface area contributed by atoms with E-state index in [4.69, 9.17) is 34.8 Å². The van der Waals surface area contributed by atoms with Crippen LogP contribution in [0.3, 0.4) is 0 Å². The summed E-state index contributed by atoms with van der Waals surface area (Å²) in [5, 5.41) is 14.3. The molecule has 0 aliphatic rings. The Balaban J connectivity index is 1.60. The van der Waals surface area contributed by atoms with Crippen molar-refractivity contribution in [2.75, 3.05) is 5.43 Å². The van der Waals surface area contributed by atoms with Crippen LogP contribution in [0.15, 0.2) is 59.5 Å². The third-order valence-corrected chi connectivity index (χ3v) is 6.12. The van der Waals surface area contributed by atoms with Crippen molar-refractivity contribution in [3.8, 4) is 11.1 Å². The van der Waals surface area contributed by atoms with Crippen LogP contribution in [0.5, 0.6) is 0 Å². The highest BCUT2D eigenvalue weighted by Gasteiger charge is 2.19. The number of hydrogen-bond donors (Lipinski definition) is 1. The number of rotatable bonds is 4. The molecule has 0 bridgehead atoms. The molecule has 2 aromatic carbocycles. The zero-order valence-corrected chi connectivity index (χ0v) is 19.9. The second-order valence-corrected chi connectivity index (χ2v) is 8.69. The van der Waals surface area contributed by atoms with Gasteiger partial charge in [-0.15, -0.1) is 10.2 Å². The smallest absolute Gasteiger partial charge is 0.267 e. The predicted octanol–water partition coefficient (Wildman–Crippen LogP) is 5.01. The molecule has 170 valence electrons. The highest BCUT2D eigenvalue weighted by molar-refractivity contribution is 6.37. The summed E-state index contributed by atoms with van der Waals surface area (Å²) in [6.07, 6.45) is 2.08. The molecule has 3 aromatic heterocycles. The number of halogens is 3. The molecule has 3 heterocycles. The fourth-order valence-corrected chi connectivity index (χ4v) is 4.30. The molecule has 0 saturated heterocycles. The maximum absolute atomic E-state index is 13.1. The number of fused-ring (bicyclic) bond motifs is 3. The van der Waals surface area contributed by atoms with E-state index < -0.39 is 11.5 Å². The van der Waals surface area contributed by atoms with Crippen molar-refractivity contribution < 1.29 is 4.79 Å². The van der Waals surface area contributed by atoms with Gasteiger partial charge in [-0.25, -0.2) is 9.19 Å². The van der Waals surface area contributed by atoms with Gasteiger partial charge in [0.05, 0.1) is 21.8 Å². The van der Waals surface area contributed by atoms with E-state index in [9.17, 15) is 9.59 Å². The Morgan fingerprint density at radius 1 is 1.00 bits per heavy atom. The number of aryl methyl sites for hydroxylation is 1. The number of benzene rings is 2. The number of nitrogens with one attached hydrogen (secondary N) is 1. The van der Waals surface area contributed by atoms with E-state index in [0.717, 1.165) is 21.5 Å². The molecule has 0 radical (unpaired) electrons. The Labute approximate surface area is 207 Å². The summed E-state index contributed by atoms with van der Waals surface area (Å²) >= 11 is 18.0. The first kappa shape index (κ1) is 22.3. The van der Waals surface area contributed by atoms with Gasteiger partial charge < -0.3 is 0 Å². The van der Waals surface area contributed by atoms with Crippen molar-refractivity contribution in [3.05, 3.63) is 91.4 Å². The molecule has 0 spiro atoms. The molecule has 34 heavy (non-hydrogen) atoms. The van der Waals surface area contributed by atoms with Crippen molar-refractivity contribution in [2.45, 2.75) is 13.3 Å². The summed E-state index contributed by atoms with van der Waals surface area (Å²) in [4.78, 5) is 25.7. The lowest BCUT2D eigenvalue weighted by Crippen LogP contribution is -2.33. The van der Waals surface area contributed by atoms with Crippen LogP contribution in [-0.2, 0) is 6.42 Å². The van der Waals surface area contributed by atoms with Gasteiger partial charge in [0.15, 0.2) is 11.2 Å². The third-order valence-electron chi connectivity index (χ3n) is 5.32. The molecule has 0 unspecified atom stereocenters. The minimum atomic E-state index is -0.575. The van der Waals surface area contributed by atoms with E-state index in [-0.39, 0.29) is 16.1 Å². The second-order valence-electron chi connectivity index (χ2n) is 7.41. The van der Waals surface area contributed by atoms with E-state index >= 15 is 0 Å². The van der Waals surface area contributed by atoms with E-state index in [1.807, 2.05) is 19.1 Å². The van der Waals surface area contributed by atoms with Crippen molar-refractivity contribution in [2.24, 2.45) is 0 Å². The Morgan fingerprint density at radius 2 is 1.74 bits per heavy atom. The Hall–Kier alpha value is -3.46. The van der Waals surface area contributed by atoms with Crippen LogP contribution < -0.4 is 11.0 Å². The van der Waals surface area contributed by atoms with Gasteiger partial charge in [0.1, 0.15) is 5.52 Å². The summed E-state index contributed by atoms with van der Waals surface area (Å²) in [5.74, 6) is -0.575. The average Bonchev–Trinajstić information content (AvgIpc) is 3.20. The highest BCUT2D eigenvalue weighted by Crippen LogP contribution is 2.30. The third kappa shape index (κ3) is 3.79. The monoisotopic (exact) mass is 512 g/mol. The van der Waals surface area contributed by atoms with Crippen LogP contribution in [0.2, 0.25) is 15.1 Å². The summed E-state index contributed by atoms with van der Waals surface area (Å²) in [6, 6.07) is 13.5. The van der Waals surface area contributed by atoms with Gasteiger partial charge in [-0.05, 0) is 48.4 Å². The number of hydrogen-bond acceptors (Lipinski definition) is 5. The fraction of sp³-hybridized carbons (Fsp3) is 0.0870.